The second-order valence-electron chi connectivity index (χ2n) is 3.14. The fourth-order valence-electron chi connectivity index (χ4n) is 1.10. The third-order valence-electron chi connectivity index (χ3n) is 1.90. The summed E-state index contributed by atoms with van der Waals surface area (Å²) in [7, 11) is 1.35. The normalized spacial score (nSPS) is 9.39. The number of amides is 3. The molecule has 0 atom stereocenters. The number of hydrogen-bond donors (Lipinski definition) is 2. The lowest BCUT2D eigenvalue weighted by Crippen LogP contribution is -2.39. The Morgan fingerprint density at radius 3 is 2.67 bits per heavy atom. The van der Waals surface area contributed by atoms with Gasteiger partial charge in [-0.2, -0.15) is 0 Å². The maximum atomic E-state index is 11.2. The van der Waals surface area contributed by atoms with Gasteiger partial charge in [0.15, 0.2) is 12.4 Å². The van der Waals surface area contributed by atoms with Crippen LogP contribution < -0.4 is 15.4 Å². The Kier molecular flexibility index (Phi) is 4.61. The smallest absolute Gasteiger partial charge is 0.321 e. The van der Waals surface area contributed by atoms with Gasteiger partial charge in [0.1, 0.15) is 0 Å². The molecule has 96 valence electrons. The van der Waals surface area contributed by atoms with Gasteiger partial charge in [-0.1, -0.05) is 12.1 Å². The molecule has 0 bridgehead atoms. The van der Waals surface area contributed by atoms with Crippen molar-refractivity contribution in [3.8, 4) is 5.75 Å². The molecule has 0 aliphatic rings. The lowest BCUT2D eigenvalue weighted by atomic mass is 10.3. The zero-order valence-electron chi connectivity index (χ0n) is 9.50. The highest BCUT2D eigenvalue weighted by molar-refractivity contribution is 5.94. The molecule has 18 heavy (non-hydrogen) atoms. The number of ether oxygens (including phenoxy) is 1. The Morgan fingerprint density at radius 1 is 1.39 bits per heavy atom. The van der Waals surface area contributed by atoms with Crippen molar-refractivity contribution in [2.24, 2.45) is 0 Å². The highest BCUT2D eigenvalue weighted by Crippen LogP contribution is 2.25. The quantitative estimate of drug-likeness (QED) is 0.597. The van der Waals surface area contributed by atoms with Gasteiger partial charge < -0.3 is 10.1 Å². The second kappa shape index (κ2) is 6.18. The molecule has 0 unspecified atom stereocenters. The molecule has 0 spiro atoms. The van der Waals surface area contributed by atoms with E-state index < -0.39 is 23.5 Å². The van der Waals surface area contributed by atoms with E-state index in [9.17, 15) is 19.7 Å². The minimum Gasteiger partial charge on any atom is -0.477 e. The topological polar surface area (TPSA) is 111 Å². The lowest BCUT2D eigenvalue weighted by Gasteiger charge is -2.06. The fraction of sp³-hybridized carbons (Fsp3) is 0.200. The van der Waals surface area contributed by atoms with Crippen molar-refractivity contribution in [3.05, 3.63) is 34.4 Å². The molecule has 8 heteroatoms. The van der Waals surface area contributed by atoms with Crippen LogP contribution in [0.3, 0.4) is 0 Å². The molecular weight excluding hydrogens is 242 g/mol. The molecule has 3 amide bonds. The molecule has 1 aromatic rings. The zero-order chi connectivity index (χ0) is 13.5. The fourth-order valence-corrected chi connectivity index (χ4v) is 1.10. The zero-order valence-corrected chi connectivity index (χ0v) is 9.50. The Bertz CT molecular complexity index is 474. The molecular formula is C10H11N3O5. The minimum atomic E-state index is -0.701. The van der Waals surface area contributed by atoms with Crippen molar-refractivity contribution in [1.29, 1.82) is 0 Å². The Hall–Kier alpha value is -2.64. The number of hydrogen-bond acceptors (Lipinski definition) is 5. The molecule has 0 radical (unpaired) electrons. The van der Waals surface area contributed by atoms with Crippen LogP contribution in [0.25, 0.3) is 0 Å². The predicted molar refractivity (Wildman–Crippen MR) is 61.2 cm³/mol. The molecule has 0 aliphatic carbocycles. The van der Waals surface area contributed by atoms with Crippen LogP contribution in [0.15, 0.2) is 24.3 Å². The number of nitro benzene ring substituents is 1. The first-order valence-corrected chi connectivity index (χ1v) is 4.92. The van der Waals surface area contributed by atoms with Gasteiger partial charge in [-0.25, -0.2) is 4.79 Å². The maximum absolute atomic E-state index is 11.2. The first-order valence-electron chi connectivity index (χ1n) is 4.92. The average molecular weight is 253 g/mol. The molecule has 0 aliphatic heterocycles. The van der Waals surface area contributed by atoms with Gasteiger partial charge in [0.25, 0.3) is 5.91 Å². The van der Waals surface area contributed by atoms with Gasteiger partial charge >= 0.3 is 11.7 Å². The van der Waals surface area contributed by atoms with Gasteiger partial charge in [-0.05, 0) is 6.07 Å². The second-order valence-corrected chi connectivity index (χ2v) is 3.14. The molecule has 0 saturated heterocycles. The minimum absolute atomic E-state index is 0.0328. The van der Waals surface area contributed by atoms with Crippen LogP contribution in [-0.2, 0) is 4.79 Å². The number of nitrogens with one attached hydrogen (secondary N) is 2. The summed E-state index contributed by atoms with van der Waals surface area (Å²) >= 11 is 0. The van der Waals surface area contributed by atoms with Crippen LogP contribution in [0.5, 0.6) is 5.75 Å². The summed E-state index contributed by atoms with van der Waals surface area (Å²) in [6, 6.07) is 4.97. The number of rotatable bonds is 4. The number of para-hydroxylation sites is 2. The van der Waals surface area contributed by atoms with E-state index in [1.165, 1.54) is 25.2 Å². The Labute approximate surface area is 102 Å². The summed E-state index contributed by atoms with van der Waals surface area (Å²) in [5, 5.41) is 14.8. The van der Waals surface area contributed by atoms with Gasteiger partial charge in [0.2, 0.25) is 0 Å². The summed E-state index contributed by atoms with van der Waals surface area (Å²) in [6.45, 7) is -0.488. The van der Waals surface area contributed by atoms with E-state index in [0.29, 0.717) is 0 Å². The van der Waals surface area contributed by atoms with Crippen LogP contribution in [0.4, 0.5) is 10.5 Å². The van der Waals surface area contributed by atoms with Crippen molar-refractivity contribution >= 4 is 17.6 Å². The summed E-state index contributed by atoms with van der Waals surface area (Å²) < 4.78 is 4.97. The molecule has 0 heterocycles. The van der Waals surface area contributed by atoms with E-state index >= 15 is 0 Å². The Morgan fingerprint density at radius 2 is 2.06 bits per heavy atom. The summed E-state index contributed by atoms with van der Waals surface area (Å²) in [6.07, 6.45) is 0. The van der Waals surface area contributed by atoms with E-state index in [-0.39, 0.29) is 11.4 Å². The number of nitro groups is 1. The van der Waals surface area contributed by atoms with Crippen LogP contribution in [0.2, 0.25) is 0 Å². The van der Waals surface area contributed by atoms with Gasteiger partial charge in [0.05, 0.1) is 4.92 Å². The molecule has 0 saturated carbocycles. The molecule has 2 N–H and O–H groups in total. The number of urea groups is 1. The maximum Gasteiger partial charge on any atom is 0.321 e. The highest BCUT2D eigenvalue weighted by Gasteiger charge is 2.15. The van der Waals surface area contributed by atoms with E-state index in [1.807, 2.05) is 5.32 Å². The SMILES string of the molecule is CNC(=O)NC(=O)COc1ccccc1[N+](=O)[O-]. The third-order valence-corrected chi connectivity index (χ3v) is 1.90. The van der Waals surface area contributed by atoms with Crippen LogP contribution >= 0.6 is 0 Å². The monoisotopic (exact) mass is 253 g/mol. The van der Waals surface area contributed by atoms with Crippen molar-refractivity contribution in [2.75, 3.05) is 13.7 Å². The van der Waals surface area contributed by atoms with Crippen molar-refractivity contribution in [1.82, 2.24) is 10.6 Å². The number of carbonyl (C=O) groups is 2. The molecule has 1 rings (SSSR count). The van der Waals surface area contributed by atoms with Crippen molar-refractivity contribution in [2.45, 2.75) is 0 Å². The van der Waals surface area contributed by atoms with E-state index in [0.717, 1.165) is 0 Å². The van der Waals surface area contributed by atoms with Crippen molar-refractivity contribution < 1.29 is 19.2 Å². The van der Waals surface area contributed by atoms with E-state index in [2.05, 4.69) is 5.32 Å². The molecule has 0 fully saturated rings. The molecule has 0 aromatic heterocycles. The third kappa shape index (κ3) is 3.74. The largest absolute Gasteiger partial charge is 0.477 e. The summed E-state index contributed by atoms with van der Waals surface area (Å²) in [4.78, 5) is 32.0. The first kappa shape index (κ1) is 13.4. The van der Waals surface area contributed by atoms with Crippen LogP contribution in [0, 0.1) is 10.1 Å². The van der Waals surface area contributed by atoms with Crippen molar-refractivity contribution in [3.63, 3.8) is 0 Å². The van der Waals surface area contributed by atoms with Gasteiger partial charge in [0, 0.05) is 13.1 Å². The summed E-state index contributed by atoms with van der Waals surface area (Å²) in [5.74, 6) is -0.734. The Balaban J connectivity index is 2.61. The number of carbonyl (C=O) groups excluding carboxylic acids is 2. The van der Waals surface area contributed by atoms with Crippen LogP contribution in [0.1, 0.15) is 0 Å². The number of nitrogens with zero attached hydrogens (tertiary/aromatic N) is 1. The predicted octanol–water partition coefficient (Wildman–Crippen LogP) is 0.429. The standard InChI is InChI=1S/C10H11N3O5/c1-11-10(15)12-9(14)6-18-8-5-3-2-4-7(8)13(16)17/h2-5H,6H2,1H3,(H2,11,12,14,15). The van der Waals surface area contributed by atoms with E-state index in [1.54, 1.807) is 6.07 Å². The number of imide groups is 1. The molecule has 8 nitrogen and oxygen atoms in total. The lowest BCUT2D eigenvalue weighted by molar-refractivity contribution is -0.385. The highest BCUT2D eigenvalue weighted by atomic mass is 16.6. The number of benzene rings is 1. The van der Waals surface area contributed by atoms with E-state index in [4.69, 9.17) is 4.74 Å². The summed E-state index contributed by atoms with van der Waals surface area (Å²) in [5.41, 5.74) is -0.245. The average Bonchev–Trinajstić information content (AvgIpc) is 2.36. The van der Waals surface area contributed by atoms with Gasteiger partial charge in [-0.3, -0.25) is 20.2 Å². The molecule has 1 aromatic carbocycles. The van der Waals surface area contributed by atoms with Gasteiger partial charge in [-0.15, -0.1) is 0 Å². The first-order chi connectivity index (χ1) is 8.54. The van der Waals surface area contributed by atoms with Crippen LogP contribution in [-0.4, -0.2) is 30.5 Å².